The summed E-state index contributed by atoms with van der Waals surface area (Å²) >= 11 is 7.38. The quantitative estimate of drug-likeness (QED) is 0.474. The lowest BCUT2D eigenvalue weighted by Crippen LogP contribution is -2.15. The Morgan fingerprint density at radius 1 is 1.35 bits per heavy atom. The van der Waals surface area contributed by atoms with Crippen molar-refractivity contribution in [1.82, 2.24) is 9.97 Å². The van der Waals surface area contributed by atoms with Crippen LogP contribution in [0.25, 0.3) is 0 Å². The number of hydrogen-bond donors (Lipinski definition) is 0. The van der Waals surface area contributed by atoms with Crippen molar-refractivity contribution in [3.05, 3.63) is 11.2 Å². The summed E-state index contributed by atoms with van der Waals surface area (Å²) in [5.74, 6) is 1.27. The third kappa shape index (κ3) is 4.03. The van der Waals surface area contributed by atoms with Gasteiger partial charge in [0.15, 0.2) is 5.16 Å². The zero-order chi connectivity index (χ0) is 12.1. The Hall–Kier alpha value is -0.480. The topological polar surface area (TPSA) is 35.0 Å². The van der Waals surface area contributed by atoms with Gasteiger partial charge in [-0.3, -0.25) is 0 Å². The molecular formula is C12H17ClN2OS. The third-order valence-electron chi connectivity index (χ3n) is 3.03. The molecule has 1 fully saturated rings. The second-order valence-corrected chi connectivity index (χ2v) is 5.49. The van der Waals surface area contributed by atoms with Gasteiger partial charge in [-0.15, -0.1) is 0 Å². The highest BCUT2D eigenvalue weighted by atomic mass is 35.5. The second-order valence-electron chi connectivity index (χ2n) is 4.33. The van der Waals surface area contributed by atoms with Gasteiger partial charge in [-0.05, 0) is 25.0 Å². The molecule has 0 saturated heterocycles. The van der Waals surface area contributed by atoms with Gasteiger partial charge in [0.05, 0.1) is 6.61 Å². The Labute approximate surface area is 111 Å². The van der Waals surface area contributed by atoms with Gasteiger partial charge in [-0.2, -0.15) is 4.98 Å². The van der Waals surface area contributed by atoms with Crippen molar-refractivity contribution in [2.24, 2.45) is 5.92 Å². The van der Waals surface area contributed by atoms with Gasteiger partial charge >= 0.3 is 0 Å². The van der Waals surface area contributed by atoms with Gasteiger partial charge in [0, 0.05) is 6.07 Å². The summed E-state index contributed by atoms with van der Waals surface area (Å²) < 4.78 is 5.72. The van der Waals surface area contributed by atoms with E-state index in [1.54, 1.807) is 6.07 Å². The molecule has 0 N–H and O–H groups in total. The van der Waals surface area contributed by atoms with E-state index in [9.17, 15) is 0 Å². The second kappa shape index (κ2) is 6.45. The minimum Gasteiger partial charge on any atom is -0.477 e. The van der Waals surface area contributed by atoms with E-state index in [2.05, 4.69) is 9.97 Å². The van der Waals surface area contributed by atoms with Crippen molar-refractivity contribution < 1.29 is 4.74 Å². The van der Waals surface area contributed by atoms with Crippen LogP contribution >= 0.6 is 23.4 Å². The van der Waals surface area contributed by atoms with Crippen LogP contribution in [0.4, 0.5) is 0 Å². The van der Waals surface area contributed by atoms with Gasteiger partial charge in [-0.25, -0.2) is 4.98 Å². The van der Waals surface area contributed by atoms with E-state index in [4.69, 9.17) is 16.3 Å². The number of hydrogen-bond acceptors (Lipinski definition) is 4. The van der Waals surface area contributed by atoms with Crippen molar-refractivity contribution in [2.45, 2.75) is 37.3 Å². The zero-order valence-electron chi connectivity index (χ0n) is 9.99. The lowest BCUT2D eigenvalue weighted by molar-refractivity contribution is 0.201. The molecule has 94 valence electrons. The van der Waals surface area contributed by atoms with Crippen molar-refractivity contribution in [3.63, 3.8) is 0 Å². The summed E-state index contributed by atoms with van der Waals surface area (Å²) in [4.78, 5) is 8.37. The molecule has 1 aromatic heterocycles. The molecule has 0 amide bonds. The smallest absolute Gasteiger partial charge is 0.218 e. The Kier molecular flexibility index (Phi) is 4.92. The summed E-state index contributed by atoms with van der Waals surface area (Å²) in [6, 6.07) is 1.68. The van der Waals surface area contributed by atoms with Crippen LogP contribution < -0.4 is 4.74 Å². The summed E-state index contributed by atoms with van der Waals surface area (Å²) in [6.07, 6.45) is 8.49. The lowest BCUT2D eigenvalue weighted by Gasteiger charge is -2.21. The van der Waals surface area contributed by atoms with Crippen LogP contribution in [-0.2, 0) is 0 Å². The Morgan fingerprint density at radius 3 is 2.82 bits per heavy atom. The number of thioether (sulfide) groups is 1. The highest BCUT2D eigenvalue weighted by Gasteiger charge is 2.14. The van der Waals surface area contributed by atoms with Crippen LogP contribution in [0.2, 0.25) is 5.15 Å². The Balaban J connectivity index is 1.91. The van der Waals surface area contributed by atoms with E-state index in [1.807, 2.05) is 6.26 Å². The molecule has 5 heteroatoms. The molecule has 0 radical (unpaired) electrons. The van der Waals surface area contributed by atoms with Gasteiger partial charge in [0.1, 0.15) is 5.15 Å². The molecule has 1 saturated carbocycles. The first kappa shape index (κ1) is 13.0. The average molecular weight is 273 g/mol. The molecule has 3 nitrogen and oxygen atoms in total. The maximum absolute atomic E-state index is 5.91. The van der Waals surface area contributed by atoms with Crippen LogP contribution in [0.3, 0.4) is 0 Å². The molecular weight excluding hydrogens is 256 g/mol. The van der Waals surface area contributed by atoms with Crippen LogP contribution in [0, 0.1) is 5.92 Å². The fourth-order valence-corrected chi connectivity index (χ4v) is 2.69. The van der Waals surface area contributed by atoms with E-state index in [0.29, 0.717) is 22.1 Å². The normalized spacial score (nSPS) is 17.1. The monoisotopic (exact) mass is 272 g/mol. The van der Waals surface area contributed by atoms with E-state index < -0.39 is 0 Å². The zero-order valence-corrected chi connectivity index (χ0v) is 11.6. The minimum atomic E-state index is 0.447. The molecule has 0 aliphatic heterocycles. The first-order valence-electron chi connectivity index (χ1n) is 5.99. The lowest BCUT2D eigenvalue weighted by atomic mass is 9.90. The Morgan fingerprint density at radius 2 is 2.12 bits per heavy atom. The highest BCUT2D eigenvalue weighted by Crippen LogP contribution is 2.25. The molecule has 2 rings (SSSR count). The number of halogens is 1. The van der Waals surface area contributed by atoms with Crippen LogP contribution in [0.5, 0.6) is 5.88 Å². The first-order chi connectivity index (χ1) is 8.28. The maximum Gasteiger partial charge on any atom is 0.218 e. The molecule has 1 heterocycles. The molecule has 1 aliphatic rings. The predicted octanol–water partition coefficient (Wildman–Crippen LogP) is 3.81. The van der Waals surface area contributed by atoms with Crippen molar-refractivity contribution in [2.75, 3.05) is 12.9 Å². The Bertz CT molecular complexity index is 370. The van der Waals surface area contributed by atoms with Crippen LogP contribution in [0.1, 0.15) is 32.1 Å². The SMILES string of the molecule is CSc1nc(Cl)cc(OCC2CCCCC2)n1. The fraction of sp³-hybridized carbons (Fsp3) is 0.667. The summed E-state index contributed by atoms with van der Waals surface area (Å²) in [6.45, 7) is 0.751. The standard InChI is InChI=1S/C12H17ClN2OS/c1-17-12-14-10(13)7-11(15-12)16-8-9-5-3-2-4-6-9/h7,9H,2-6,8H2,1H3. The van der Waals surface area contributed by atoms with Gasteiger partial charge < -0.3 is 4.74 Å². The molecule has 0 bridgehead atoms. The largest absolute Gasteiger partial charge is 0.477 e. The van der Waals surface area contributed by atoms with Crippen molar-refractivity contribution in [1.29, 1.82) is 0 Å². The maximum atomic E-state index is 5.91. The fourth-order valence-electron chi connectivity index (χ4n) is 2.10. The molecule has 1 aliphatic carbocycles. The number of rotatable bonds is 4. The van der Waals surface area contributed by atoms with E-state index in [-0.39, 0.29) is 0 Å². The molecule has 0 atom stereocenters. The highest BCUT2D eigenvalue weighted by molar-refractivity contribution is 7.98. The van der Waals surface area contributed by atoms with Crippen molar-refractivity contribution in [3.8, 4) is 5.88 Å². The minimum absolute atomic E-state index is 0.447. The van der Waals surface area contributed by atoms with Crippen LogP contribution in [0.15, 0.2) is 11.2 Å². The van der Waals surface area contributed by atoms with E-state index in [0.717, 1.165) is 6.61 Å². The first-order valence-corrected chi connectivity index (χ1v) is 7.59. The van der Waals surface area contributed by atoms with Crippen LogP contribution in [-0.4, -0.2) is 22.8 Å². The summed E-state index contributed by atoms with van der Waals surface area (Å²) in [5, 5.41) is 1.11. The molecule has 17 heavy (non-hydrogen) atoms. The molecule has 1 aromatic rings. The van der Waals surface area contributed by atoms with Gasteiger partial charge in [-0.1, -0.05) is 42.6 Å². The molecule has 0 aromatic carbocycles. The number of nitrogens with zero attached hydrogens (tertiary/aromatic N) is 2. The van der Waals surface area contributed by atoms with E-state index in [1.165, 1.54) is 43.9 Å². The van der Waals surface area contributed by atoms with E-state index >= 15 is 0 Å². The average Bonchev–Trinajstić information content (AvgIpc) is 2.37. The third-order valence-corrected chi connectivity index (χ3v) is 3.77. The summed E-state index contributed by atoms with van der Waals surface area (Å²) in [7, 11) is 0. The number of ether oxygens (including phenoxy) is 1. The van der Waals surface area contributed by atoms with Gasteiger partial charge in [0.2, 0.25) is 5.88 Å². The van der Waals surface area contributed by atoms with Gasteiger partial charge in [0.25, 0.3) is 0 Å². The van der Waals surface area contributed by atoms with Crippen molar-refractivity contribution >= 4 is 23.4 Å². The summed E-state index contributed by atoms with van der Waals surface area (Å²) in [5.41, 5.74) is 0. The number of aromatic nitrogens is 2. The molecule has 0 unspecified atom stereocenters. The molecule has 0 spiro atoms. The predicted molar refractivity (Wildman–Crippen MR) is 70.9 cm³/mol.